The first-order chi connectivity index (χ1) is 9.75. The van der Waals surface area contributed by atoms with Gasteiger partial charge in [0.25, 0.3) is 0 Å². The Labute approximate surface area is 122 Å². The first-order valence-electron chi connectivity index (χ1n) is 8.54. The Bertz CT molecular complexity index is 333. The van der Waals surface area contributed by atoms with Gasteiger partial charge in [-0.1, -0.05) is 6.42 Å². The predicted octanol–water partition coefficient (Wildman–Crippen LogP) is 2.44. The SMILES string of the molecule is C[C@@H](C1CC1)N(C(=O)NCCN1CCCCC1)C1CC1. The summed E-state index contributed by atoms with van der Waals surface area (Å²) >= 11 is 0. The van der Waals surface area contributed by atoms with Gasteiger partial charge in [0.1, 0.15) is 0 Å². The van der Waals surface area contributed by atoms with Gasteiger partial charge in [0.2, 0.25) is 0 Å². The number of hydrogen-bond donors (Lipinski definition) is 1. The van der Waals surface area contributed by atoms with Gasteiger partial charge in [-0.25, -0.2) is 4.79 Å². The summed E-state index contributed by atoms with van der Waals surface area (Å²) in [5.74, 6) is 0.767. The van der Waals surface area contributed by atoms with Gasteiger partial charge in [0.05, 0.1) is 0 Å². The van der Waals surface area contributed by atoms with Crippen LogP contribution in [0.3, 0.4) is 0 Å². The van der Waals surface area contributed by atoms with E-state index in [0.717, 1.165) is 19.0 Å². The number of carbonyl (C=O) groups is 1. The van der Waals surface area contributed by atoms with E-state index in [4.69, 9.17) is 0 Å². The van der Waals surface area contributed by atoms with Crippen molar-refractivity contribution in [1.29, 1.82) is 0 Å². The molecule has 3 rings (SSSR count). The van der Waals surface area contributed by atoms with Gasteiger partial charge in [-0.05, 0) is 64.5 Å². The number of nitrogens with zero attached hydrogens (tertiary/aromatic N) is 2. The number of hydrogen-bond acceptors (Lipinski definition) is 2. The topological polar surface area (TPSA) is 35.6 Å². The smallest absolute Gasteiger partial charge is 0.317 e. The number of urea groups is 1. The molecule has 20 heavy (non-hydrogen) atoms. The van der Waals surface area contributed by atoms with Gasteiger partial charge in [0, 0.05) is 25.2 Å². The predicted molar refractivity (Wildman–Crippen MR) is 80.7 cm³/mol. The highest BCUT2D eigenvalue weighted by Gasteiger charge is 2.41. The summed E-state index contributed by atoms with van der Waals surface area (Å²) in [5, 5.41) is 3.16. The molecule has 0 radical (unpaired) electrons. The van der Waals surface area contributed by atoms with Crippen LogP contribution in [-0.2, 0) is 0 Å². The molecule has 1 aliphatic heterocycles. The van der Waals surface area contributed by atoms with Crippen LogP contribution in [0.4, 0.5) is 4.79 Å². The van der Waals surface area contributed by atoms with E-state index in [0.29, 0.717) is 12.1 Å². The molecule has 0 aromatic heterocycles. The fourth-order valence-corrected chi connectivity index (χ4v) is 3.44. The van der Waals surface area contributed by atoms with Crippen molar-refractivity contribution >= 4 is 6.03 Å². The Kier molecular flexibility index (Phi) is 4.49. The number of rotatable bonds is 6. The Hall–Kier alpha value is -0.770. The van der Waals surface area contributed by atoms with E-state index in [1.54, 1.807) is 0 Å². The summed E-state index contributed by atoms with van der Waals surface area (Å²) in [4.78, 5) is 17.1. The second kappa shape index (κ2) is 6.33. The molecule has 2 saturated carbocycles. The fraction of sp³-hybridized carbons (Fsp3) is 0.938. The highest BCUT2D eigenvalue weighted by atomic mass is 16.2. The summed E-state index contributed by atoms with van der Waals surface area (Å²) in [6.07, 6.45) is 9.04. The van der Waals surface area contributed by atoms with Crippen LogP contribution in [0.1, 0.15) is 51.9 Å². The number of piperidine rings is 1. The lowest BCUT2D eigenvalue weighted by atomic mass is 10.1. The van der Waals surface area contributed by atoms with Gasteiger partial charge >= 0.3 is 6.03 Å². The summed E-state index contributed by atoms with van der Waals surface area (Å²) in [6, 6.07) is 1.15. The Morgan fingerprint density at radius 3 is 2.50 bits per heavy atom. The zero-order chi connectivity index (χ0) is 13.9. The van der Waals surface area contributed by atoms with Crippen molar-refractivity contribution in [3.63, 3.8) is 0 Å². The second-order valence-corrected chi connectivity index (χ2v) is 6.85. The zero-order valence-electron chi connectivity index (χ0n) is 12.8. The molecule has 4 nitrogen and oxygen atoms in total. The third kappa shape index (κ3) is 3.66. The molecule has 2 aliphatic carbocycles. The molecule has 4 heteroatoms. The first-order valence-corrected chi connectivity index (χ1v) is 8.54. The number of nitrogens with one attached hydrogen (secondary N) is 1. The molecular weight excluding hydrogens is 250 g/mol. The van der Waals surface area contributed by atoms with Gasteiger partial charge < -0.3 is 15.1 Å². The van der Waals surface area contributed by atoms with E-state index in [9.17, 15) is 4.79 Å². The van der Waals surface area contributed by atoms with E-state index in [-0.39, 0.29) is 6.03 Å². The zero-order valence-corrected chi connectivity index (χ0v) is 12.8. The summed E-state index contributed by atoms with van der Waals surface area (Å²) < 4.78 is 0. The van der Waals surface area contributed by atoms with E-state index in [1.807, 2.05) is 0 Å². The fourth-order valence-electron chi connectivity index (χ4n) is 3.44. The molecular formula is C16H29N3O. The van der Waals surface area contributed by atoms with E-state index >= 15 is 0 Å². The van der Waals surface area contributed by atoms with Crippen LogP contribution in [0.5, 0.6) is 0 Å². The van der Waals surface area contributed by atoms with Crippen LogP contribution >= 0.6 is 0 Å². The van der Waals surface area contributed by atoms with Gasteiger partial charge in [0.15, 0.2) is 0 Å². The van der Waals surface area contributed by atoms with Crippen molar-refractivity contribution in [3.05, 3.63) is 0 Å². The normalized spacial score (nSPS) is 25.2. The van der Waals surface area contributed by atoms with Crippen molar-refractivity contribution in [1.82, 2.24) is 15.1 Å². The van der Waals surface area contributed by atoms with Crippen LogP contribution in [0.25, 0.3) is 0 Å². The van der Waals surface area contributed by atoms with Crippen LogP contribution in [-0.4, -0.2) is 54.1 Å². The lowest BCUT2D eigenvalue weighted by Gasteiger charge is -2.31. The van der Waals surface area contributed by atoms with Gasteiger partial charge in [-0.3, -0.25) is 0 Å². The maximum atomic E-state index is 12.4. The Balaban J connectivity index is 1.42. The summed E-state index contributed by atoms with van der Waals surface area (Å²) in [6.45, 7) is 6.48. The van der Waals surface area contributed by atoms with Gasteiger partial charge in [-0.2, -0.15) is 0 Å². The van der Waals surface area contributed by atoms with Crippen molar-refractivity contribution in [2.24, 2.45) is 5.92 Å². The second-order valence-electron chi connectivity index (χ2n) is 6.85. The lowest BCUT2D eigenvalue weighted by Crippen LogP contribution is -2.49. The first kappa shape index (κ1) is 14.2. The van der Waals surface area contributed by atoms with E-state index in [1.165, 1.54) is 58.0 Å². The third-order valence-corrected chi connectivity index (χ3v) is 5.07. The molecule has 0 aromatic rings. The standard InChI is InChI=1S/C16H29N3O/c1-13(14-5-6-14)19(15-7-8-15)16(20)17-9-12-18-10-3-2-4-11-18/h13-15H,2-12H2,1H3,(H,17,20)/t13-/m0/s1. The van der Waals surface area contributed by atoms with Crippen molar-refractivity contribution in [2.75, 3.05) is 26.2 Å². The number of carbonyl (C=O) groups excluding carboxylic acids is 1. The minimum absolute atomic E-state index is 0.184. The van der Waals surface area contributed by atoms with E-state index < -0.39 is 0 Å². The summed E-state index contributed by atoms with van der Waals surface area (Å²) in [5.41, 5.74) is 0. The molecule has 0 spiro atoms. The lowest BCUT2D eigenvalue weighted by molar-refractivity contribution is 0.163. The molecule has 0 unspecified atom stereocenters. The number of amides is 2. The molecule has 3 aliphatic rings. The van der Waals surface area contributed by atoms with Crippen LogP contribution < -0.4 is 5.32 Å². The maximum absolute atomic E-state index is 12.4. The quantitative estimate of drug-likeness (QED) is 0.810. The van der Waals surface area contributed by atoms with Crippen LogP contribution in [0, 0.1) is 5.92 Å². The molecule has 0 bridgehead atoms. The van der Waals surface area contributed by atoms with Crippen LogP contribution in [0.2, 0.25) is 0 Å². The van der Waals surface area contributed by atoms with Crippen molar-refractivity contribution in [2.45, 2.75) is 64.0 Å². The Morgan fingerprint density at radius 2 is 1.90 bits per heavy atom. The molecule has 1 N–H and O–H groups in total. The van der Waals surface area contributed by atoms with Gasteiger partial charge in [-0.15, -0.1) is 0 Å². The molecule has 1 atom stereocenters. The molecule has 0 aromatic carbocycles. The number of likely N-dealkylation sites (tertiary alicyclic amines) is 1. The molecule has 114 valence electrons. The van der Waals surface area contributed by atoms with Crippen molar-refractivity contribution in [3.8, 4) is 0 Å². The van der Waals surface area contributed by atoms with E-state index in [2.05, 4.69) is 22.0 Å². The highest BCUT2D eigenvalue weighted by molar-refractivity contribution is 5.75. The molecule has 3 fully saturated rings. The maximum Gasteiger partial charge on any atom is 0.317 e. The summed E-state index contributed by atoms with van der Waals surface area (Å²) in [7, 11) is 0. The van der Waals surface area contributed by atoms with Crippen LogP contribution in [0.15, 0.2) is 0 Å². The third-order valence-electron chi connectivity index (χ3n) is 5.07. The average Bonchev–Trinajstić information content (AvgIpc) is 3.32. The minimum atomic E-state index is 0.184. The minimum Gasteiger partial charge on any atom is -0.337 e. The Morgan fingerprint density at radius 1 is 1.20 bits per heavy atom. The largest absolute Gasteiger partial charge is 0.337 e. The highest BCUT2D eigenvalue weighted by Crippen LogP contribution is 2.39. The molecule has 1 saturated heterocycles. The average molecular weight is 279 g/mol. The monoisotopic (exact) mass is 279 g/mol. The molecule has 1 heterocycles. The van der Waals surface area contributed by atoms with Crippen molar-refractivity contribution < 1.29 is 4.79 Å². The molecule has 2 amide bonds.